The Morgan fingerprint density at radius 2 is 1.77 bits per heavy atom. The van der Waals surface area contributed by atoms with E-state index in [1.54, 1.807) is 12.1 Å². The van der Waals surface area contributed by atoms with Crippen molar-refractivity contribution in [1.29, 1.82) is 0 Å². The SMILES string of the molecule is C/C(CC(=O)Nc1cc([N+](=O)[O-])ccc1F)=N/NC(=O)c1ccc(C(C)(C)C)cc1. The van der Waals surface area contributed by atoms with Gasteiger partial charge in [0.25, 0.3) is 11.6 Å². The summed E-state index contributed by atoms with van der Waals surface area (Å²) < 4.78 is 13.7. The number of amides is 2. The fraction of sp³-hybridized carbons (Fsp3) is 0.286. The van der Waals surface area contributed by atoms with Gasteiger partial charge in [0.2, 0.25) is 5.91 Å². The van der Waals surface area contributed by atoms with Gasteiger partial charge in [-0.3, -0.25) is 19.7 Å². The summed E-state index contributed by atoms with van der Waals surface area (Å²) in [4.78, 5) is 34.3. The van der Waals surface area contributed by atoms with Gasteiger partial charge in [-0.15, -0.1) is 0 Å². The van der Waals surface area contributed by atoms with Crippen LogP contribution in [0.3, 0.4) is 0 Å². The molecule has 0 atom stereocenters. The van der Waals surface area contributed by atoms with Crippen LogP contribution in [0.15, 0.2) is 47.6 Å². The largest absolute Gasteiger partial charge is 0.323 e. The number of halogens is 1. The van der Waals surface area contributed by atoms with Crippen molar-refractivity contribution in [3.8, 4) is 0 Å². The second-order valence-electron chi connectivity index (χ2n) is 7.76. The highest BCUT2D eigenvalue weighted by Crippen LogP contribution is 2.22. The maximum absolute atomic E-state index is 13.7. The van der Waals surface area contributed by atoms with Crippen LogP contribution in [0.4, 0.5) is 15.8 Å². The second-order valence-corrected chi connectivity index (χ2v) is 7.76. The Morgan fingerprint density at radius 3 is 2.33 bits per heavy atom. The highest BCUT2D eigenvalue weighted by Gasteiger charge is 2.15. The normalized spacial score (nSPS) is 11.7. The van der Waals surface area contributed by atoms with E-state index in [1.807, 2.05) is 12.1 Å². The van der Waals surface area contributed by atoms with Crippen molar-refractivity contribution in [2.24, 2.45) is 5.10 Å². The van der Waals surface area contributed by atoms with Gasteiger partial charge >= 0.3 is 0 Å². The average molecular weight is 414 g/mol. The molecule has 0 aliphatic carbocycles. The van der Waals surface area contributed by atoms with Crippen molar-refractivity contribution < 1.29 is 18.9 Å². The summed E-state index contributed by atoms with van der Waals surface area (Å²) in [6.07, 6.45) is -0.231. The van der Waals surface area contributed by atoms with Crippen molar-refractivity contribution in [2.45, 2.75) is 39.5 Å². The summed E-state index contributed by atoms with van der Waals surface area (Å²) in [5.41, 5.74) is 3.47. The molecular weight excluding hydrogens is 391 g/mol. The lowest BCUT2D eigenvalue weighted by Gasteiger charge is -2.18. The molecule has 0 saturated heterocycles. The summed E-state index contributed by atoms with van der Waals surface area (Å²) in [5, 5.41) is 16.9. The molecule has 8 nitrogen and oxygen atoms in total. The van der Waals surface area contributed by atoms with E-state index in [9.17, 15) is 24.1 Å². The molecule has 0 aromatic heterocycles. The van der Waals surface area contributed by atoms with Crippen LogP contribution in [0.2, 0.25) is 0 Å². The number of carbonyl (C=O) groups excluding carboxylic acids is 2. The fourth-order valence-electron chi connectivity index (χ4n) is 2.52. The van der Waals surface area contributed by atoms with Crippen molar-refractivity contribution >= 4 is 28.9 Å². The fourth-order valence-corrected chi connectivity index (χ4v) is 2.52. The van der Waals surface area contributed by atoms with E-state index in [2.05, 4.69) is 36.6 Å². The molecule has 0 aliphatic heterocycles. The number of carbonyl (C=O) groups is 2. The van der Waals surface area contributed by atoms with E-state index < -0.39 is 22.6 Å². The predicted molar refractivity (Wildman–Crippen MR) is 112 cm³/mol. The molecule has 158 valence electrons. The number of rotatable bonds is 6. The number of benzene rings is 2. The van der Waals surface area contributed by atoms with E-state index in [0.717, 1.165) is 23.8 Å². The van der Waals surface area contributed by atoms with Crippen LogP contribution < -0.4 is 10.7 Å². The molecule has 0 saturated carbocycles. The topological polar surface area (TPSA) is 114 Å². The third-order valence-corrected chi connectivity index (χ3v) is 4.21. The first kappa shape index (κ1) is 22.7. The molecule has 0 unspecified atom stereocenters. The Bertz CT molecular complexity index is 995. The van der Waals surface area contributed by atoms with Gasteiger partial charge in [-0.2, -0.15) is 5.10 Å². The maximum atomic E-state index is 13.7. The monoisotopic (exact) mass is 414 g/mol. The van der Waals surface area contributed by atoms with Gasteiger partial charge in [-0.1, -0.05) is 32.9 Å². The number of non-ortho nitro benzene ring substituents is 1. The lowest BCUT2D eigenvalue weighted by Crippen LogP contribution is -2.22. The van der Waals surface area contributed by atoms with E-state index in [0.29, 0.717) is 5.56 Å². The summed E-state index contributed by atoms with van der Waals surface area (Å²) in [5.74, 6) is -1.85. The number of hydrazone groups is 1. The summed E-state index contributed by atoms with van der Waals surface area (Å²) in [7, 11) is 0. The van der Waals surface area contributed by atoms with Gasteiger partial charge in [-0.05, 0) is 36.1 Å². The molecule has 0 bridgehead atoms. The lowest BCUT2D eigenvalue weighted by molar-refractivity contribution is -0.384. The van der Waals surface area contributed by atoms with Gasteiger partial charge in [0.15, 0.2) is 0 Å². The molecule has 2 N–H and O–H groups in total. The average Bonchev–Trinajstić information content (AvgIpc) is 2.67. The Kier molecular flexibility index (Phi) is 6.99. The van der Waals surface area contributed by atoms with Gasteiger partial charge in [-0.25, -0.2) is 9.82 Å². The van der Waals surface area contributed by atoms with E-state index in [1.165, 1.54) is 6.92 Å². The van der Waals surface area contributed by atoms with Crippen LogP contribution in [0.5, 0.6) is 0 Å². The molecule has 2 aromatic carbocycles. The van der Waals surface area contributed by atoms with Crippen molar-refractivity contribution in [3.63, 3.8) is 0 Å². The molecule has 0 fully saturated rings. The number of hydrogen-bond donors (Lipinski definition) is 2. The van der Waals surface area contributed by atoms with Crippen molar-refractivity contribution in [2.75, 3.05) is 5.32 Å². The Labute approximate surface area is 173 Å². The van der Waals surface area contributed by atoms with E-state index >= 15 is 0 Å². The zero-order valence-corrected chi connectivity index (χ0v) is 17.2. The van der Waals surface area contributed by atoms with Crippen molar-refractivity contribution in [3.05, 3.63) is 69.5 Å². The van der Waals surface area contributed by atoms with Crippen LogP contribution in [0, 0.1) is 15.9 Å². The number of nitro groups is 1. The first-order valence-corrected chi connectivity index (χ1v) is 9.15. The zero-order chi connectivity index (χ0) is 22.5. The molecule has 0 aliphatic rings. The lowest BCUT2D eigenvalue weighted by atomic mass is 9.87. The van der Waals surface area contributed by atoms with Crippen LogP contribution in [0.25, 0.3) is 0 Å². The summed E-state index contributed by atoms with van der Waals surface area (Å²) in [6.45, 7) is 7.73. The number of anilines is 1. The molecule has 2 aromatic rings. The Balaban J connectivity index is 1.96. The Hall–Kier alpha value is -3.62. The van der Waals surface area contributed by atoms with Crippen LogP contribution in [0.1, 0.15) is 50.0 Å². The molecular formula is C21H23FN4O4. The highest BCUT2D eigenvalue weighted by molar-refractivity contribution is 6.06. The summed E-state index contributed by atoms with van der Waals surface area (Å²) >= 11 is 0. The van der Waals surface area contributed by atoms with Gasteiger partial charge in [0.05, 0.1) is 17.0 Å². The smallest absolute Gasteiger partial charge is 0.271 e. The summed E-state index contributed by atoms with van der Waals surface area (Å²) in [6, 6.07) is 9.96. The Morgan fingerprint density at radius 1 is 1.13 bits per heavy atom. The standard InChI is InChI=1S/C21H23FN4O4/c1-13(11-19(27)23-18-12-16(26(29)30)9-10-17(18)22)24-25-20(28)14-5-7-15(8-6-14)21(2,3)4/h5-10,12H,11H2,1-4H3,(H,23,27)(H,25,28)/b24-13-. The highest BCUT2D eigenvalue weighted by atomic mass is 19.1. The maximum Gasteiger partial charge on any atom is 0.271 e. The molecule has 0 radical (unpaired) electrons. The minimum absolute atomic E-state index is 0.0320. The molecule has 0 heterocycles. The number of nitrogens with zero attached hydrogens (tertiary/aromatic N) is 2. The van der Waals surface area contributed by atoms with Gasteiger partial charge < -0.3 is 5.32 Å². The quantitative estimate of drug-likeness (QED) is 0.419. The zero-order valence-electron chi connectivity index (χ0n) is 17.2. The van der Waals surface area contributed by atoms with Gasteiger partial charge in [0, 0.05) is 23.4 Å². The molecule has 0 spiro atoms. The molecule has 9 heteroatoms. The number of nitrogens with one attached hydrogen (secondary N) is 2. The molecule has 2 rings (SSSR count). The van der Waals surface area contributed by atoms with Crippen LogP contribution >= 0.6 is 0 Å². The molecule has 30 heavy (non-hydrogen) atoms. The van der Waals surface area contributed by atoms with Crippen LogP contribution in [-0.2, 0) is 10.2 Å². The van der Waals surface area contributed by atoms with Crippen LogP contribution in [-0.4, -0.2) is 22.4 Å². The predicted octanol–water partition coefficient (Wildman–Crippen LogP) is 4.17. The second kappa shape index (κ2) is 9.25. The third-order valence-electron chi connectivity index (χ3n) is 4.21. The minimum Gasteiger partial charge on any atom is -0.323 e. The molecule has 2 amide bonds. The van der Waals surface area contributed by atoms with Gasteiger partial charge in [0.1, 0.15) is 5.82 Å². The first-order valence-electron chi connectivity index (χ1n) is 9.15. The first-order chi connectivity index (χ1) is 14.0. The van der Waals surface area contributed by atoms with Crippen molar-refractivity contribution in [1.82, 2.24) is 5.43 Å². The number of nitro benzene ring substituents is 1. The van der Waals surface area contributed by atoms with E-state index in [4.69, 9.17) is 0 Å². The van der Waals surface area contributed by atoms with E-state index in [-0.39, 0.29) is 28.9 Å². The number of hydrogen-bond acceptors (Lipinski definition) is 5. The third kappa shape index (κ3) is 6.20. The minimum atomic E-state index is -0.796.